The molecule has 1 aliphatic carbocycles. The Kier molecular flexibility index (Phi) is 11.5. The molecule has 1 aromatic carbocycles. The van der Waals surface area contributed by atoms with Gasteiger partial charge in [0.25, 0.3) is 15.9 Å². The Morgan fingerprint density at radius 1 is 1.02 bits per heavy atom. The van der Waals surface area contributed by atoms with Crippen LogP contribution in [0.15, 0.2) is 47.6 Å². The van der Waals surface area contributed by atoms with Crippen LogP contribution in [0.2, 0.25) is 0 Å². The second-order valence-corrected chi connectivity index (χ2v) is 12.5. The van der Waals surface area contributed by atoms with Crippen LogP contribution in [0, 0.1) is 18.8 Å². The molecule has 47 heavy (non-hydrogen) atoms. The first-order valence-corrected chi connectivity index (χ1v) is 16.8. The standard InChI is InChI=1S/C32H38N6O8S/c1-23-14-15-27(33-22-23)47(40,41)37-29-28(46-26-13-7-6-12-25(26)42-2)30(36-31(35-29)38-16-20-43-21-17-38)44-18-8-9-19-45-32(39)34-24-10-4-3-5-11-24/h6-7,12-15,22,24H,3-5,10-11,16-21H2,1-2H3,(H,34,39)(H,35,36,37). The van der Waals surface area contributed by atoms with Crippen LogP contribution in [0.5, 0.6) is 23.1 Å². The van der Waals surface area contributed by atoms with Crippen molar-refractivity contribution in [3.63, 3.8) is 0 Å². The number of ether oxygens (including phenoxy) is 5. The monoisotopic (exact) mass is 666 g/mol. The Hall–Kier alpha value is -4.81. The summed E-state index contributed by atoms with van der Waals surface area (Å²) in [6.07, 6.45) is 6.20. The number of nitrogens with zero attached hydrogens (tertiary/aromatic N) is 4. The first kappa shape index (κ1) is 33.6. The van der Waals surface area contributed by atoms with Gasteiger partial charge in [0, 0.05) is 25.3 Å². The molecule has 1 aliphatic heterocycles. The highest BCUT2D eigenvalue weighted by atomic mass is 32.2. The summed E-state index contributed by atoms with van der Waals surface area (Å²) in [4.78, 5) is 27.2. The van der Waals surface area contributed by atoms with Gasteiger partial charge in [0.1, 0.15) is 0 Å². The summed E-state index contributed by atoms with van der Waals surface area (Å²) >= 11 is 0. The van der Waals surface area contributed by atoms with E-state index in [-0.39, 0.29) is 53.4 Å². The number of aryl methyl sites for hydroxylation is 1. The number of rotatable bonds is 11. The average molecular weight is 667 g/mol. The molecular weight excluding hydrogens is 628 g/mol. The second-order valence-electron chi connectivity index (χ2n) is 10.8. The Bertz CT molecular complexity index is 1680. The van der Waals surface area contributed by atoms with E-state index < -0.39 is 16.1 Å². The smallest absolute Gasteiger partial charge is 0.408 e. The van der Waals surface area contributed by atoms with E-state index in [1.165, 1.54) is 25.8 Å². The zero-order valence-corrected chi connectivity index (χ0v) is 27.2. The number of hydrogen-bond acceptors (Lipinski definition) is 12. The minimum Gasteiger partial charge on any atom is -0.493 e. The molecule has 2 fully saturated rings. The first-order valence-electron chi connectivity index (χ1n) is 15.4. The SMILES string of the molecule is COc1ccccc1Oc1c(NS(=O)(=O)c2ccc(C)cn2)nc(N2CCOCC2)nc1OCC#CCOC(=O)NC1CCCCC1. The second kappa shape index (κ2) is 16.1. The molecule has 2 N–H and O–H groups in total. The maximum Gasteiger partial charge on any atom is 0.408 e. The predicted octanol–water partition coefficient (Wildman–Crippen LogP) is 4.06. The van der Waals surface area contributed by atoms with Crippen molar-refractivity contribution in [3.8, 4) is 35.0 Å². The molecule has 5 rings (SSSR count). The molecule has 0 spiro atoms. The fourth-order valence-corrected chi connectivity index (χ4v) is 5.89. The molecule has 0 radical (unpaired) electrons. The average Bonchev–Trinajstić information content (AvgIpc) is 3.08. The van der Waals surface area contributed by atoms with Crippen LogP contribution in [0.4, 0.5) is 16.6 Å². The highest BCUT2D eigenvalue weighted by molar-refractivity contribution is 7.92. The van der Waals surface area contributed by atoms with E-state index in [4.69, 9.17) is 23.7 Å². The van der Waals surface area contributed by atoms with E-state index in [0.29, 0.717) is 32.1 Å². The fraction of sp³-hybridized carbons (Fsp3) is 0.438. The third-order valence-corrected chi connectivity index (χ3v) is 8.65. The third-order valence-electron chi connectivity index (χ3n) is 7.40. The molecule has 0 bridgehead atoms. The Labute approximate surface area is 274 Å². The minimum atomic E-state index is -4.22. The summed E-state index contributed by atoms with van der Waals surface area (Å²) in [7, 11) is -2.74. The quantitative estimate of drug-likeness (QED) is 0.283. The van der Waals surface area contributed by atoms with Crippen molar-refractivity contribution in [2.24, 2.45) is 0 Å². The van der Waals surface area contributed by atoms with Gasteiger partial charge in [-0.05, 0) is 43.5 Å². The number of aromatic nitrogens is 3. The molecule has 0 unspecified atom stereocenters. The molecule has 3 aromatic rings. The Morgan fingerprint density at radius 3 is 2.49 bits per heavy atom. The summed E-state index contributed by atoms with van der Waals surface area (Å²) in [5, 5.41) is 2.66. The molecule has 250 valence electrons. The zero-order chi connectivity index (χ0) is 33.1. The number of pyridine rings is 1. The van der Waals surface area contributed by atoms with Gasteiger partial charge in [0.15, 0.2) is 35.6 Å². The number of carbonyl (C=O) groups is 1. The van der Waals surface area contributed by atoms with Crippen molar-refractivity contribution in [3.05, 3.63) is 48.2 Å². The molecular formula is C32H38N6O8S. The number of methoxy groups -OCH3 is 1. The summed E-state index contributed by atoms with van der Waals surface area (Å²) in [6.45, 7) is 3.31. The molecule has 14 nitrogen and oxygen atoms in total. The van der Waals surface area contributed by atoms with Gasteiger partial charge in [0.2, 0.25) is 11.7 Å². The Balaban J connectivity index is 1.42. The van der Waals surface area contributed by atoms with Crippen LogP contribution < -0.4 is 29.1 Å². The van der Waals surface area contributed by atoms with Crippen LogP contribution in [0.25, 0.3) is 0 Å². The number of para-hydroxylation sites is 2. The highest BCUT2D eigenvalue weighted by Crippen LogP contribution is 2.41. The van der Waals surface area contributed by atoms with Crippen molar-refractivity contribution < 1.29 is 36.9 Å². The summed E-state index contributed by atoms with van der Waals surface area (Å²) in [6, 6.07) is 10.00. The zero-order valence-electron chi connectivity index (χ0n) is 26.4. The van der Waals surface area contributed by atoms with Gasteiger partial charge in [-0.25, -0.2) is 9.78 Å². The largest absolute Gasteiger partial charge is 0.493 e. The number of hydrogen-bond donors (Lipinski definition) is 2. The predicted molar refractivity (Wildman–Crippen MR) is 173 cm³/mol. The van der Waals surface area contributed by atoms with Gasteiger partial charge in [0.05, 0.1) is 20.3 Å². The minimum absolute atomic E-state index is 0.0766. The van der Waals surface area contributed by atoms with Crippen molar-refractivity contribution >= 4 is 27.9 Å². The van der Waals surface area contributed by atoms with Crippen molar-refractivity contribution in [2.75, 3.05) is 56.2 Å². The van der Waals surface area contributed by atoms with Crippen LogP contribution in [0.1, 0.15) is 37.7 Å². The third kappa shape index (κ3) is 9.36. The number of carbonyl (C=O) groups excluding carboxylic acids is 1. The number of morpholine rings is 1. The van der Waals surface area contributed by atoms with Gasteiger partial charge >= 0.3 is 6.09 Å². The molecule has 1 saturated heterocycles. The molecule has 0 atom stereocenters. The van der Waals surface area contributed by atoms with Gasteiger partial charge < -0.3 is 33.9 Å². The molecule has 1 saturated carbocycles. The van der Waals surface area contributed by atoms with Gasteiger partial charge in [-0.1, -0.05) is 49.3 Å². The van der Waals surface area contributed by atoms with Crippen molar-refractivity contribution in [2.45, 2.75) is 50.1 Å². The lowest BCUT2D eigenvalue weighted by Gasteiger charge is -2.28. The molecule has 2 aromatic heterocycles. The lowest BCUT2D eigenvalue weighted by atomic mass is 9.96. The molecule has 1 amide bonds. The van der Waals surface area contributed by atoms with E-state index in [0.717, 1.165) is 31.2 Å². The lowest BCUT2D eigenvalue weighted by molar-refractivity contribution is 0.122. The van der Waals surface area contributed by atoms with Crippen molar-refractivity contribution in [1.82, 2.24) is 20.3 Å². The van der Waals surface area contributed by atoms with Crippen molar-refractivity contribution in [1.29, 1.82) is 0 Å². The number of benzene rings is 1. The molecule has 2 aliphatic rings. The maximum atomic E-state index is 13.5. The number of anilines is 2. The van der Waals surface area contributed by atoms with E-state index >= 15 is 0 Å². The van der Waals surface area contributed by atoms with Crippen LogP contribution in [-0.4, -0.2) is 82.1 Å². The summed E-state index contributed by atoms with van der Waals surface area (Å²) in [5.41, 5.74) is 0.799. The maximum absolute atomic E-state index is 13.5. The van der Waals surface area contributed by atoms with Gasteiger partial charge in [-0.3, -0.25) is 4.72 Å². The lowest BCUT2D eigenvalue weighted by Crippen LogP contribution is -2.37. The highest BCUT2D eigenvalue weighted by Gasteiger charge is 2.27. The van der Waals surface area contributed by atoms with Crippen LogP contribution >= 0.6 is 0 Å². The number of alkyl carbamates (subject to hydrolysis) is 1. The van der Waals surface area contributed by atoms with E-state index in [1.54, 1.807) is 37.3 Å². The van der Waals surface area contributed by atoms with E-state index in [9.17, 15) is 13.2 Å². The topological polar surface area (TPSA) is 163 Å². The normalized spacial score (nSPS) is 15.1. The fourth-order valence-electron chi connectivity index (χ4n) is 4.95. The van der Waals surface area contributed by atoms with E-state index in [1.807, 2.05) is 4.90 Å². The van der Waals surface area contributed by atoms with Gasteiger partial charge in [-0.15, -0.1) is 0 Å². The van der Waals surface area contributed by atoms with Gasteiger partial charge in [-0.2, -0.15) is 18.4 Å². The summed E-state index contributed by atoms with van der Waals surface area (Å²) < 4.78 is 57.8. The molecule has 15 heteroatoms. The molecule has 3 heterocycles. The van der Waals surface area contributed by atoms with Crippen LogP contribution in [0.3, 0.4) is 0 Å². The number of nitrogens with one attached hydrogen (secondary N) is 2. The van der Waals surface area contributed by atoms with E-state index in [2.05, 4.69) is 36.8 Å². The first-order chi connectivity index (χ1) is 22.8. The van der Waals surface area contributed by atoms with Crippen LogP contribution in [-0.2, 0) is 19.5 Å². The number of amides is 1. The Morgan fingerprint density at radius 2 is 1.77 bits per heavy atom. The summed E-state index contributed by atoms with van der Waals surface area (Å²) in [5.74, 6) is 6.03. The number of sulfonamides is 1.